The van der Waals surface area contributed by atoms with Crippen LogP contribution in [0.3, 0.4) is 0 Å². The van der Waals surface area contributed by atoms with Crippen molar-refractivity contribution in [1.82, 2.24) is 15.5 Å². The van der Waals surface area contributed by atoms with E-state index in [1.807, 2.05) is 38.1 Å². The second-order valence-corrected chi connectivity index (χ2v) is 6.57. The summed E-state index contributed by atoms with van der Waals surface area (Å²) in [5, 5.41) is 11.4. The Balaban J connectivity index is 1.80. The molecule has 7 heteroatoms. The predicted octanol–water partition coefficient (Wildman–Crippen LogP) is 4.84. The van der Waals surface area contributed by atoms with Gasteiger partial charge < -0.3 is 9.73 Å². The first-order valence-electron chi connectivity index (χ1n) is 8.63. The molecule has 1 aromatic heterocycles. The molecular weight excluding hydrogens is 355 g/mol. The van der Waals surface area contributed by atoms with Crippen LogP contribution in [0.1, 0.15) is 36.4 Å². The Morgan fingerprint density at radius 1 is 1.00 bits per heavy atom. The highest BCUT2D eigenvalue weighted by Gasteiger charge is 2.29. The third-order valence-electron chi connectivity index (χ3n) is 4.05. The quantitative estimate of drug-likeness (QED) is 0.670. The van der Waals surface area contributed by atoms with Gasteiger partial charge >= 0.3 is 6.18 Å². The Bertz CT molecular complexity index is 886. The van der Waals surface area contributed by atoms with Gasteiger partial charge in [0, 0.05) is 11.6 Å². The van der Waals surface area contributed by atoms with Crippen molar-refractivity contribution in [3.05, 3.63) is 71.1 Å². The summed E-state index contributed by atoms with van der Waals surface area (Å²) in [4.78, 5) is 0. The minimum atomic E-state index is -4.33. The van der Waals surface area contributed by atoms with Crippen molar-refractivity contribution in [2.75, 3.05) is 0 Å². The Labute approximate surface area is 155 Å². The summed E-state index contributed by atoms with van der Waals surface area (Å²) in [7, 11) is 0. The monoisotopic (exact) mass is 375 g/mol. The number of alkyl halides is 3. The Hall–Kier alpha value is -2.67. The molecule has 3 aromatic rings. The smallest absolute Gasteiger partial charge is 0.416 e. The van der Waals surface area contributed by atoms with Gasteiger partial charge in [0.1, 0.15) is 0 Å². The summed E-state index contributed by atoms with van der Waals surface area (Å²) < 4.78 is 43.9. The fourth-order valence-electron chi connectivity index (χ4n) is 2.64. The number of aromatic nitrogens is 2. The highest BCUT2D eigenvalue weighted by Crippen LogP contribution is 2.30. The zero-order chi connectivity index (χ0) is 19.4. The number of rotatable bonds is 6. The van der Waals surface area contributed by atoms with Crippen molar-refractivity contribution < 1.29 is 17.6 Å². The van der Waals surface area contributed by atoms with E-state index >= 15 is 0 Å². The van der Waals surface area contributed by atoms with Gasteiger partial charge in [0.15, 0.2) is 0 Å². The lowest BCUT2D eigenvalue weighted by atomic mass is 9.99. The van der Waals surface area contributed by atoms with Gasteiger partial charge in [-0.15, -0.1) is 10.2 Å². The molecule has 0 bridgehead atoms. The van der Waals surface area contributed by atoms with E-state index in [1.165, 1.54) is 12.1 Å². The van der Waals surface area contributed by atoms with Gasteiger partial charge in [-0.3, -0.25) is 0 Å². The van der Waals surface area contributed by atoms with E-state index in [4.69, 9.17) is 4.42 Å². The van der Waals surface area contributed by atoms with E-state index < -0.39 is 11.7 Å². The Morgan fingerprint density at radius 2 is 1.70 bits per heavy atom. The number of benzene rings is 2. The largest absolute Gasteiger partial charge is 0.419 e. The molecule has 0 aliphatic carbocycles. The number of nitrogens with one attached hydrogen (secondary N) is 1. The van der Waals surface area contributed by atoms with Crippen LogP contribution in [0.25, 0.3) is 11.5 Å². The molecule has 0 fully saturated rings. The highest BCUT2D eigenvalue weighted by atomic mass is 19.4. The van der Waals surface area contributed by atoms with E-state index in [1.54, 1.807) is 0 Å². The van der Waals surface area contributed by atoms with E-state index in [0.717, 1.165) is 28.8 Å². The van der Waals surface area contributed by atoms with Crippen LogP contribution in [0.5, 0.6) is 0 Å². The average Bonchev–Trinajstić information content (AvgIpc) is 3.09. The number of hydrogen-bond donors (Lipinski definition) is 1. The molecule has 1 N–H and O–H groups in total. The van der Waals surface area contributed by atoms with Gasteiger partial charge in [-0.2, -0.15) is 13.2 Å². The van der Waals surface area contributed by atoms with Gasteiger partial charge in [0.2, 0.25) is 11.8 Å². The summed E-state index contributed by atoms with van der Waals surface area (Å²) in [6.45, 7) is 4.53. The number of halogens is 3. The van der Waals surface area contributed by atoms with E-state index in [9.17, 15) is 13.2 Å². The molecule has 0 atom stereocenters. The first-order valence-corrected chi connectivity index (χ1v) is 8.63. The summed E-state index contributed by atoms with van der Waals surface area (Å²) in [5.74, 6) is 0.890. The fourth-order valence-corrected chi connectivity index (χ4v) is 2.64. The molecule has 1 heterocycles. The van der Waals surface area contributed by atoms with Crippen molar-refractivity contribution in [1.29, 1.82) is 0 Å². The van der Waals surface area contributed by atoms with Crippen LogP contribution in [0.2, 0.25) is 0 Å². The molecule has 0 saturated carbocycles. The van der Waals surface area contributed by atoms with Gasteiger partial charge in [-0.1, -0.05) is 44.2 Å². The SMILES string of the molecule is CC(C)NCc1nnc(-c2ccccc2Cc2ccc(C(F)(F)F)cc2)o1. The van der Waals surface area contributed by atoms with E-state index in [2.05, 4.69) is 15.5 Å². The van der Waals surface area contributed by atoms with Crippen LogP contribution in [-0.2, 0) is 19.1 Å². The van der Waals surface area contributed by atoms with Crippen molar-refractivity contribution in [3.63, 3.8) is 0 Å². The average molecular weight is 375 g/mol. The molecule has 27 heavy (non-hydrogen) atoms. The number of hydrogen-bond acceptors (Lipinski definition) is 4. The minimum Gasteiger partial charge on any atom is -0.419 e. The third-order valence-corrected chi connectivity index (χ3v) is 4.05. The molecule has 0 aliphatic heterocycles. The summed E-state index contributed by atoms with van der Waals surface area (Å²) >= 11 is 0. The van der Waals surface area contributed by atoms with E-state index in [-0.39, 0.29) is 0 Å². The van der Waals surface area contributed by atoms with Crippen LogP contribution >= 0.6 is 0 Å². The second kappa shape index (κ2) is 7.92. The van der Waals surface area contributed by atoms with E-state index in [0.29, 0.717) is 30.8 Å². The molecule has 0 spiro atoms. The maximum Gasteiger partial charge on any atom is 0.416 e. The highest BCUT2D eigenvalue weighted by molar-refractivity contribution is 5.59. The summed E-state index contributed by atoms with van der Waals surface area (Å²) in [6.07, 6.45) is -3.86. The first kappa shape index (κ1) is 19.1. The molecule has 0 saturated heterocycles. The van der Waals surface area contributed by atoms with Crippen LogP contribution in [-0.4, -0.2) is 16.2 Å². The van der Waals surface area contributed by atoms with Crippen molar-refractivity contribution in [2.24, 2.45) is 0 Å². The van der Waals surface area contributed by atoms with Gasteiger partial charge in [0.25, 0.3) is 0 Å². The molecule has 3 rings (SSSR count). The molecule has 0 radical (unpaired) electrons. The lowest BCUT2D eigenvalue weighted by Crippen LogP contribution is -2.21. The van der Waals surface area contributed by atoms with Crippen LogP contribution in [0, 0.1) is 0 Å². The maximum atomic E-state index is 12.7. The molecule has 0 aliphatic rings. The molecule has 0 amide bonds. The van der Waals surface area contributed by atoms with Crippen LogP contribution in [0.4, 0.5) is 13.2 Å². The minimum absolute atomic E-state index is 0.298. The standard InChI is InChI=1S/C20H20F3N3O/c1-13(2)24-12-18-25-26-19(27-18)17-6-4-3-5-15(17)11-14-7-9-16(10-8-14)20(21,22)23/h3-10,13,24H,11-12H2,1-2H3. The predicted molar refractivity (Wildman–Crippen MR) is 96.0 cm³/mol. The van der Waals surface area contributed by atoms with Crippen molar-refractivity contribution in [3.8, 4) is 11.5 Å². The lowest BCUT2D eigenvalue weighted by Gasteiger charge is -2.09. The zero-order valence-electron chi connectivity index (χ0n) is 15.0. The van der Waals surface area contributed by atoms with Crippen molar-refractivity contribution in [2.45, 2.75) is 39.0 Å². The Kier molecular flexibility index (Phi) is 5.60. The molecule has 2 aromatic carbocycles. The van der Waals surface area contributed by atoms with Crippen LogP contribution < -0.4 is 5.32 Å². The zero-order valence-corrected chi connectivity index (χ0v) is 15.0. The second-order valence-electron chi connectivity index (χ2n) is 6.57. The Morgan fingerprint density at radius 3 is 2.37 bits per heavy atom. The summed E-state index contributed by atoms with van der Waals surface area (Å²) in [5.41, 5.74) is 1.81. The molecule has 142 valence electrons. The fraction of sp³-hybridized carbons (Fsp3) is 0.300. The number of nitrogens with zero attached hydrogens (tertiary/aromatic N) is 2. The lowest BCUT2D eigenvalue weighted by molar-refractivity contribution is -0.137. The van der Waals surface area contributed by atoms with Crippen molar-refractivity contribution >= 4 is 0 Å². The first-order chi connectivity index (χ1) is 12.8. The van der Waals surface area contributed by atoms with Gasteiger partial charge in [-0.25, -0.2) is 0 Å². The molecule has 0 unspecified atom stereocenters. The topological polar surface area (TPSA) is 51.0 Å². The maximum absolute atomic E-state index is 12.7. The van der Waals surface area contributed by atoms with Gasteiger partial charge in [0.05, 0.1) is 12.1 Å². The third kappa shape index (κ3) is 4.95. The molecule has 4 nitrogen and oxygen atoms in total. The normalized spacial score (nSPS) is 11.9. The van der Waals surface area contributed by atoms with Gasteiger partial charge in [-0.05, 0) is 35.7 Å². The summed E-state index contributed by atoms with van der Waals surface area (Å²) in [6, 6.07) is 13.0. The van der Waals surface area contributed by atoms with Crippen LogP contribution in [0.15, 0.2) is 52.9 Å². The molecular formula is C20H20F3N3O.